The molecular weight excluding hydrogens is 348 g/mol. The first-order chi connectivity index (χ1) is 13.3. The Hall–Kier alpha value is -3.01. The lowest BCUT2D eigenvalue weighted by Crippen LogP contribution is -2.40. The van der Waals surface area contributed by atoms with Gasteiger partial charge in [0, 0.05) is 38.4 Å². The maximum absolute atomic E-state index is 5.23. The van der Waals surface area contributed by atoms with Gasteiger partial charge in [0.1, 0.15) is 24.3 Å². The summed E-state index contributed by atoms with van der Waals surface area (Å²) in [5, 5.41) is 7.78. The van der Waals surface area contributed by atoms with Crippen LogP contribution < -0.4 is 15.0 Å². The Bertz CT molecular complexity index is 907. The Balaban J connectivity index is 1.46. The second-order valence-corrected chi connectivity index (χ2v) is 6.36. The Morgan fingerprint density at radius 3 is 2.74 bits per heavy atom. The first-order valence-corrected chi connectivity index (χ1v) is 8.83. The molecule has 0 bridgehead atoms. The van der Waals surface area contributed by atoms with Gasteiger partial charge in [-0.15, -0.1) is 0 Å². The van der Waals surface area contributed by atoms with Gasteiger partial charge < -0.3 is 19.7 Å². The number of hydrogen-bond acceptors (Lipinski definition) is 9. The lowest BCUT2D eigenvalue weighted by atomic mass is 10.0. The summed E-state index contributed by atoms with van der Waals surface area (Å²) in [5.74, 6) is 2.92. The predicted octanol–water partition coefficient (Wildman–Crippen LogP) is 1.15. The smallest absolute Gasteiger partial charge is 0.254 e. The molecule has 0 aromatic carbocycles. The van der Waals surface area contributed by atoms with Crippen molar-refractivity contribution in [2.24, 2.45) is 0 Å². The molecule has 0 atom stereocenters. The van der Waals surface area contributed by atoms with Crippen molar-refractivity contribution in [2.45, 2.75) is 25.5 Å². The molecule has 10 nitrogen and oxygen atoms in total. The molecule has 142 valence electrons. The average Bonchev–Trinajstić information content (AvgIpc) is 3.17. The van der Waals surface area contributed by atoms with Gasteiger partial charge in [0.05, 0.1) is 19.4 Å². The molecule has 1 N–H and O–H groups in total. The predicted molar refractivity (Wildman–Crippen MR) is 98.9 cm³/mol. The molecule has 1 aliphatic heterocycles. The van der Waals surface area contributed by atoms with Gasteiger partial charge >= 0.3 is 0 Å². The van der Waals surface area contributed by atoms with Crippen LogP contribution in [0.3, 0.4) is 0 Å². The van der Waals surface area contributed by atoms with Gasteiger partial charge in [-0.25, -0.2) is 15.0 Å². The van der Waals surface area contributed by atoms with Crippen LogP contribution in [0, 0.1) is 0 Å². The summed E-state index contributed by atoms with van der Waals surface area (Å²) in [4.78, 5) is 19.3. The molecule has 1 fully saturated rings. The van der Waals surface area contributed by atoms with Gasteiger partial charge in [-0.2, -0.15) is 14.6 Å². The van der Waals surface area contributed by atoms with E-state index in [0.29, 0.717) is 24.3 Å². The molecule has 3 aromatic rings. The molecule has 0 amide bonds. The third-order valence-corrected chi connectivity index (χ3v) is 4.60. The Kier molecular flexibility index (Phi) is 4.97. The Morgan fingerprint density at radius 2 is 1.96 bits per heavy atom. The highest BCUT2D eigenvalue weighted by molar-refractivity contribution is 5.48. The Labute approximate surface area is 156 Å². The van der Waals surface area contributed by atoms with Crippen molar-refractivity contribution in [2.75, 3.05) is 37.5 Å². The minimum atomic E-state index is 0.340. The summed E-state index contributed by atoms with van der Waals surface area (Å²) in [6.07, 6.45) is 4.99. The first-order valence-electron chi connectivity index (χ1n) is 8.83. The number of anilines is 2. The van der Waals surface area contributed by atoms with Crippen LogP contribution in [0.5, 0.6) is 5.88 Å². The number of nitrogens with one attached hydrogen (secondary N) is 1. The van der Waals surface area contributed by atoms with Gasteiger partial charge in [0.15, 0.2) is 0 Å². The van der Waals surface area contributed by atoms with Crippen molar-refractivity contribution < 1.29 is 9.47 Å². The van der Waals surface area contributed by atoms with Gasteiger partial charge in [-0.3, -0.25) is 0 Å². The van der Waals surface area contributed by atoms with Gasteiger partial charge in [0.25, 0.3) is 5.78 Å². The number of nitrogens with zero attached hydrogens (tertiary/aromatic N) is 7. The average molecular weight is 370 g/mol. The van der Waals surface area contributed by atoms with Crippen LogP contribution in [0.1, 0.15) is 18.5 Å². The normalized spacial score (nSPS) is 15.3. The van der Waals surface area contributed by atoms with E-state index in [0.717, 1.165) is 43.3 Å². The van der Waals surface area contributed by atoms with Crippen molar-refractivity contribution in [3.63, 3.8) is 0 Å². The molecule has 4 rings (SSSR count). The fourth-order valence-corrected chi connectivity index (χ4v) is 3.28. The van der Waals surface area contributed by atoms with Gasteiger partial charge in [-0.05, 0) is 12.8 Å². The topological polar surface area (TPSA) is 103 Å². The van der Waals surface area contributed by atoms with Crippen LogP contribution in [0.25, 0.3) is 5.78 Å². The fourth-order valence-electron chi connectivity index (χ4n) is 3.28. The number of methoxy groups -OCH3 is 2. The van der Waals surface area contributed by atoms with E-state index in [1.807, 2.05) is 12.1 Å². The van der Waals surface area contributed by atoms with Crippen molar-refractivity contribution in [3.8, 4) is 5.88 Å². The zero-order valence-electron chi connectivity index (χ0n) is 15.4. The summed E-state index contributed by atoms with van der Waals surface area (Å²) >= 11 is 0. The number of hydrogen-bond donors (Lipinski definition) is 1. The van der Waals surface area contributed by atoms with E-state index in [9.17, 15) is 0 Å². The molecule has 27 heavy (non-hydrogen) atoms. The summed E-state index contributed by atoms with van der Waals surface area (Å²) in [6.45, 7) is 2.24. The molecule has 0 unspecified atom stereocenters. The second-order valence-electron chi connectivity index (χ2n) is 6.36. The van der Waals surface area contributed by atoms with Gasteiger partial charge in [0.2, 0.25) is 5.88 Å². The number of rotatable bonds is 6. The highest BCUT2D eigenvalue weighted by Gasteiger charge is 2.22. The van der Waals surface area contributed by atoms with Crippen LogP contribution in [-0.2, 0) is 11.3 Å². The van der Waals surface area contributed by atoms with Crippen LogP contribution in [0.15, 0.2) is 24.8 Å². The largest absolute Gasteiger partial charge is 0.481 e. The highest BCUT2D eigenvalue weighted by Crippen LogP contribution is 2.23. The van der Waals surface area contributed by atoms with E-state index in [1.54, 1.807) is 18.7 Å². The molecule has 4 heterocycles. The number of fused-ring (bicyclic) bond motifs is 1. The lowest BCUT2D eigenvalue weighted by molar-refractivity contribution is 0.181. The van der Waals surface area contributed by atoms with E-state index in [-0.39, 0.29) is 0 Å². The lowest BCUT2D eigenvalue weighted by Gasteiger charge is -2.34. The maximum atomic E-state index is 5.23. The molecule has 0 saturated carbocycles. The second kappa shape index (κ2) is 7.70. The van der Waals surface area contributed by atoms with E-state index in [1.165, 1.54) is 12.7 Å². The van der Waals surface area contributed by atoms with E-state index in [4.69, 9.17) is 9.47 Å². The summed E-state index contributed by atoms with van der Waals surface area (Å²) in [6, 6.07) is 4.17. The van der Waals surface area contributed by atoms with Crippen molar-refractivity contribution in [1.29, 1.82) is 0 Å². The summed E-state index contributed by atoms with van der Waals surface area (Å²) in [7, 11) is 3.26. The van der Waals surface area contributed by atoms with Crippen LogP contribution in [0.4, 0.5) is 11.6 Å². The van der Waals surface area contributed by atoms with Crippen LogP contribution in [0.2, 0.25) is 0 Å². The van der Waals surface area contributed by atoms with Crippen molar-refractivity contribution in [3.05, 3.63) is 30.5 Å². The third-order valence-electron chi connectivity index (χ3n) is 4.60. The molecule has 10 heteroatoms. The zero-order valence-corrected chi connectivity index (χ0v) is 15.4. The van der Waals surface area contributed by atoms with E-state index in [2.05, 4.69) is 35.3 Å². The standard InChI is InChI=1S/C17H22N8O2/c1-26-9-13-7-16(25-17(23-13)20-11-21-25)24-5-3-12(4-6-24)22-14-8-15(27-2)19-10-18-14/h7-8,10-12H,3-6,9H2,1-2H3,(H,18,19,22). The monoisotopic (exact) mass is 370 g/mol. The highest BCUT2D eigenvalue weighted by atomic mass is 16.5. The fraction of sp³-hybridized carbons (Fsp3) is 0.471. The minimum absolute atomic E-state index is 0.340. The van der Waals surface area contributed by atoms with Crippen molar-refractivity contribution >= 4 is 17.4 Å². The molecule has 0 aliphatic carbocycles. The molecule has 0 radical (unpaired) electrons. The minimum Gasteiger partial charge on any atom is -0.481 e. The molecule has 3 aromatic heterocycles. The van der Waals surface area contributed by atoms with Crippen LogP contribution in [-0.4, -0.2) is 62.9 Å². The third kappa shape index (κ3) is 3.75. The number of aromatic nitrogens is 6. The number of piperidine rings is 1. The Morgan fingerprint density at radius 1 is 1.11 bits per heavy atom. The summed E-state index contributed by atoms with van der Waals surface area (Å²) < 4.78 is 12.2. The SMILES string of the molecule is COCc1cc(N2CCC(Nc3cc(OC)ncn3)CC2)n2ncnc2n1. The number of ether oxygens (including phenoxy) is 2. The van der Waals surface area contributed by atoms with E-state index >= 15 is 0 Å². The van der Waals surface area contributed by atoms with E-state index < -0.39 is 0 Å². The molecule has 0 spiro atoms. The maximum Gasteiger partial charge on any atom is 0.254 e. The summed E-state index contributed by atoms with van der Waals surface area (Å²) in [5.41, 5.74) is 0.848. The molecule has 1 aliphatic rings. The van der Waals surface area contributed by atoms with Crippen molar-refractivity contribution in [1.82, 2.24) is 29.5 Å². The first kappa shape index (κ1) is 17.4. The van der Waals surface area contributed by atoms with Gasteiger partial charge in [-0.1, -0.05) is 0 Å². The van der Waals surface area contributed by atoms with Crippen LogP contribution >= 0.6 is 0 Å². The quantitative estimate of drug-likeness (QED) is 0.684. The molecule has 1 saturated heterocycles. The molecular formula is C17H22N8O2. The zero-order chi connectivity index (χ0) is 18.6.